The van der Waals surface area contributed by atoms with Gasteiger partial charge in [-0.05, 0) is 108 Å². The number of hydrogen-bond donors (Lipinski definition) is 6. The zero-order chi connectivity index (χ0) is 64.7. The van der Waals surface area contributed by atoms with Crippen molar-refractivity contribution in [1.82, 2.24) is 20.9 Å². The van der Waals surface area contributed by atoms with E-state index in [1.54, 1.807) is 66.0 Å². The minimum Gasteiger partial charge on any atom is -0.462 e. The van der Waals surface area contributed by atoms with Crippen LogP contribution in [-0.2, 0) is 63.7 Å². The van der Waals surface area contributed by atoms with Gasteiger partial charge in [-0.25, -0.2) is 9.59 Å². The van der Waals surface area contributed by atoms with Crippen LogP contribution in [0.15, 0.2) is 60.2 Å². The van der Waals surface area contributed by atoms with Crippen LogP contribution in [0.2, 0.25) is 5.02 Å². The number of methoxy groups -OCH3 is 1. The third-order valence-corrected chi connectivity index (χ3v) is 18.3. The molecule has 480 valence electrons. The number of nitrogens with zero attached hydrogens (tertiary/aromatic N) is 2. The molecule has 2 aromatic rings. The number of esters is 3. The summed E-state index contributed by atoms with van der Waals surface area (Å²) >= 11 is 13.5. The number of alkyl halides is 2. The van der Waals surface area contributed by atoms with Gasteiger partial charge in [0, 0.05) is 57.2 Å². The number of rotatable bonds is 24. The molecule has 87 heavy (non-hydrogen) atoms. The third kappa shape index (κ3) is 19.5. The number of amides is 7. The monoisotopic (exact) mass is 1360 g/mol. The highest BCUT2D eigenvalue weighted by Crippen LogP contribution is 2.50. The van der Waals surface area contributed by atoms with Gasteiger partial charge in [0.2, 0.25) is 23.6 Å². The van der Waals surface area contributed by atoms with Crippen molar-refractivity contribution in [1.29, 1.82) is 0 Å². The average Bonchev–Trinajstić information content (AvgIpc) is 1.64. The van der Waals surface area contributed by atoms with Gasteiger partial charge in [0.25, 0.3) is 5.91 Å². The number of ether oxygens (including phenoxy) is 5. The van der Waals surface area contributed by atoms with Gasteiger partial charge in [0.1, 0.15) is 47.6 Å². The van der Waals surface area contributed by atoms with Gasteiger partial charge in [-0.2, -0.15) is 0 Å². The Morgan fingerprint density at radius 2 is 1.66 bits per heavy atom. The number of epoxide rings is 1. The maximum Gasteiger partial charge on any atom is 0.328 e. The number of carbonyl (C=O) groups is 9. The quantitative estimate of drug-likeness (QED) is 0.0198. The molecule has 0 saturated carbocycles. The molecule has 4 bridgehead atoms. The van der Waals surface area contributed by atoms with Crippen LogP contribution >= 0.6 is 43.5 Å². The molecule has 3 heterocycles. The third-order valence-electron chi connectivity index (χ3n) is 16.3. The van der Waals surface area contributed by atoms with E-state index in [-0.39, 0.29) is 67.9 Å². The second kappa shape index (κ2) is 32.5. The first-order valence-corrected chi connectivity index (χ1v) is 32.0. The number of urea groups is 1. The predicted molar refractivity (Wildman–Crippen MR) is 335 cm³/mol. The molecule has 7 amide bonds. The van der Waals surface area contributed by atoms with E-state index < -0.39 is 120 Å². The molecule has 22 nitrogen and oxygen atoms in total. The van der Waals surface area contributed by atoms with Crippen LogP contribution in [0.3, 0.4) is 0 Å². The number of hydrogen-bond acceptors (Lipinski definition) is 15. The zero-order valence-corrected chi connectivity index (χ0v) is 55.4. The molecular weight excluding hydrogens is 1280 g/mol. The summed E-state index contributed by atoms with van der Waals surface area (Å²) in [5.74, 6) is -6.26. The number of para-hydroxylation sites is 1. The standard InChI is InChI=1S/C62H86Br2ClN7O15/c1-34(2)53(70-49(73)24-15-12-19-37(5)84-59(80)41(32-63)33-64)56(77)69-44(22-17-25-67-60(66)81)55(76)68-43-21-14-13-20-42(43)57(78)71(9)39(7)58(79)86-48-29-50(74)72(10)45-28-40(27-36(4)52(45)65)26-35(3)18-16-23-47(83-11)62(82)30-46(85-51(75)31-62)38(6)54-61(48,8)87-54/h13-14,16,18,20-21,23,27-28,34,37-39,41,44,46-48,53-54,82H,12,15,17,19,22,24-26,29-33H2,1-11H3,(H,68,76)(H,69,77)(H,70,73)(H3,66,67,81)/b23-16+,35-18+/t37?,38-,39+,44+,46+,47-,48+,53+,54+,61+,62-/m1/s1. The smallest absolute Gasteiger partial charge is 0.328 e. The number of benzene rings is 2. The van der Waals surface area contributed by atoms with Crippen molar-refractivity contribution in [3.8, 4) is 0 Å². The first-order chi connectivity index (χ1) is 41.0. The normalized spacial score (nSPS) is 24.6. The van der Waals surface area contributed by atoms with Gasteiger partial charge in [0.05, 0.1) is 52.9 Å². The van der Waals surface area contributed by atoms with Crippen molar-refractivity contribution >= 4 is 108 Å². The highest BCUT2D eigenvalue weighted by atomic mass is 79.9. The number of nitrogens with one attached hydrogen (secondary N) is 4. The highest BCUT2D eigenvalue weighted by molar-refractivity contribution is 9.09. The lowest BCUT2D eigenvalue weighted by Crippen LogP contribution is -2.54. The van der Waals surface area contributed by atoms with Crippen LogP contribution in [0.1, 0.15) is 128 Å². The molecule has 25 heteroatoms. The summed E-state index contributed by atoms with van der Waals surface area (Å²) in [6.45, 7) is 14.0. The Bertz CT molecular complexity index is 2890. The number of fused-ring (bicyclic) bond motifs is 5. The molecule has 2 saturated heterocycles. The average molecular weight is 1360 g/mol. The van der Waals surface area contributed by atoms with Crippen molar-refractivity contribution < 1.29 is 71.9 Å². The summed E-state index contributed by atoms with van der Waals surface area (Å²) < 4.78 is 29.8. The van der Waals surface area contributed by atoms with Crippen LogP contribution in [0.25, 0.3) is 0 Å². The largest absolute Gasteiger partial charge is 0.462 e. The van der Waals surface area contributed by atoms with Gasteiger partial charge < -0.3 is 65.6 Å². The van der Waals surface area contributed by atoms with Crippen molar-refractivity contribution in [3.63, 3.8) is 0 Å². The summed E-state index contributed by atoms with van der Waals surface area (Å²) in [5, 5.41) is 24.1. The van der Waals surface area contributed by atoms with Gasteiger partial charge in [-0.1, -0.05) is 106 Å². The molecule has 0 radical (unpaired) electrons. The number of likely N-dealkylation sites (N-methyl/N-ethyl adjacent to an activating group) is 1. The SMILES string of the molecule is CO[C@@H]1/C=C/C=C(\C)Cc2cc(C)c(Cl)c(c2)N(C)C(=O)C[C@H](OC(=O)[C@H](C)N(C)C(=O)c2ccccc2NC(=O)[C@H](CCCNC(N)=O)NC(=O)[C@@H](NC(=O)CCCCC(C)OC(=O)C(CBr)CBr)C(C)C)[C@]2(C)O[C@H]2[C@H](C)[C@@H]2C[C@@]1(O)CC(=O)O2. The van der Waals surface area contributed by atoms with Crippen LogP contribution in [0.5, 0.6) is 0 Å². The fourth-order valence-corrected chi connectivity index (χ4v) is 12.6. The van der Waals surface area contributed by atoms with E-state index in [0.717, 1.165) is 21.6 Å². The Hall–Kier alpha value is -5.92. The van der Waals surface area contributed by atoms with E-state index in [2.05, 4.69) is 53.1 Å². The molecule has 0 aromatic heterocycles. The molecule has 2 aromatic carbocycles. The zero-order valence-electron chi connectivity index (χ0n) is 51.5. The topological polar surface area (TPSA) is 304 Å². The molecule has 0 aliphatic carbocycles. The van der Waals surface area contributed by atoms with E-state index >= 15 is 0 Å². The molecule has 5 rings (SSSR count). The Labute approximate surface area is 531 Å². The summed E-state index contributed by atoms with van der Waals surface area (Å²) in [5.41, 5.74) is 5.17. The summed E-state index contributed by atoms with van der Waals surface area (Å²) in [6.07, 6.45) is 2.63. The van der Waals surface area contributed by atoms with Crippen LogP contribution in [0, 0.1) is 24.7 Å². The van der Waals surface area contributed by atoms with E-state index in [9.17, 15) is 48.3 Å². The van der Waals surface area contributed by atoms with E-state index in [1.807, 2.05) is 32.1 Å². The van der Waals surface area contributed by atoms with Crippen LogP contribution in [-0.4, -0.2) is 162 Å². The van der Waals surface area contributed by atoms with Gasteiger partial charge >= 0.3 is 23.9 Å². The summed E-state index contributed by atoms with van der Waals surface area (Å²) in [6, 6.07) is 5.34. The molecular formula is C62H86Br2ClN7O15. The number of unbranched alkanes of at least 4 members (excludes halogenated alkanes) is 1. The van der Waals surface area contributed by atoms with Crippen molar-refractivity contribution in [2.75, 3.05) is 48.6 Å². The number of allylic oxidation sites excluding steroid dienone is 3. The van der Waals surface area contributed by atoms with Gasteiger partial charge in [0.15, 0.2) is 0 Å². The highest BCUT2D eigenvalue weighted by Gasteiger charge is 2.64. The molecule has 3 aliphatic rings. The fourth-order valence-electron chi connectivity index (χ4n) is 10.7. The minimum atomic E-state index is -1.66. The molecule has 7 N–H and O–H groups in total. The number of nitrogens with two attached hydrogens (primary N) is 1. The number of anilines is 2. The minimum absolute atomic E-state index is 0.0116. The second-order valence-corrected chi connectivity index (χ2v) is 25.2. The number of aliphatic hydroxyl groups is 1. The Kier molecular flexibility index (Phi) is 26.9. The Morgan fingerprint density at radius 3 is 2.31 bits per heavy atom. The first-order valence-electron chi connectivity index (χ1n) is 29.3. The number of carbonyl (C=O) groups excluding carboxylic acids is 9. The Morgan fingerprint density at radius 1 is 0.966 bits per heavy atom. The maximum atomic E-state index is 14.6. The lowest BCUT2D eigenvalue weighted by Gasteiger charge is -2.41. The van der Waals surface area contributed by atoms with E-state index in [0.29, 0.717) is 47.1 Å². The molecule has 2 fully saturated rings. The fraction of sp³-hybridized carbons (Fsp3) is 0.597. The first kappa shape index (κ1) is 71.8. The van der Waals surface area contributed by atoms with Crippen molar-refractivity contribution in [3.05, 3.63) is 81.9 Å². The molecule has 1 unspecified atom stereocenters. The lowest BCUT2D eigenvalue weighted by atomic mass is 9.78. The number of aryl methyl sites for hydroxylation is 1. The summed E-state index contributed by atoms with van der Waals surface area (Å²) in [7, 11) is 4.38. The van der Waals surface area contributed by atoms with Crippen LogP contribution in [0.4, 0.5) is 16.2 Å². The molecule has 0 spiro atoms. The lowest BCUT2D eigenvalue weighted by molar-refractivity contribution is -0.187. The van der Waals surface area contributed by atoms with Gasteiger partial charge in [-0.15, -0.1) is 0 Å². The van der Waals surface area contributed by atoms with Gasteiger partial charge in [-0.3, -0.25) is 33.6 Å². The van der Waals surface area contributed by atoms with Crippen molar-refractivity contribution in [2.24, 2.45) is 23.5 Å². The second-order valence-electron chi connectivity index (χ2n) is 23.6. The van der Waals surface area contributed by atoms with Crippen LogP contribution < -0.4 is 31.9 Å². The summed E-state index contributed by atoms with van der Waals surface area (Å²) in [4.78, 5) is 125. The maximum absolute atomic E-state index is 14.6. The predicted octanol–water partition coefficient (Wildman–Crippen LogP) is 7.29. The molecule has 3 aliphatic heterocycles. The van der Waals surface area contributed by atoms with E-state index in [4.69, 9.17) is 41.0 Å². The van der Waals surface area contributed by atoms with E-state index in [1.165, 1.54) is 38.1 Å². The number of halogens is 3. The Balaban J connectivity index is 1.35. The van der Waals surface area contributed by atoms with Crippen molar-refractivity contribution in [2.45, 2.75) is 179 Å². The molecule has 11 atom stereocenters. The number of primary amides is 1.